The second-order valence-corrected chi connectivity index (χ2v) is 11.2. The summed E-state index contributed by atoms with van der Waals surface area (Å²) < 4.78 is 0. The smallest absolute Gasteiger partial charge is 0.264 e. The first-order chi connectivity index (χ1) is 22.1. The third-order valence-electron chi connectivity index (χ3n) is 7.95. The van der Waals surface area contributed by atoms with Crippen LogP contribution in [0.5, 0.6) is 0 Å². The molecule has 2 aromatic rings. The molecule has 2 aromatic carbocycles. The predicted octanol–water partition coefficient (Wildman–Crippen LogP) is 2.73. The van der Waals surface area contributed by atoms with Gasteiger partial charge < -0.3 is 15.5 Å². The van der Waals surface area contributed by atoms with Crippen LogP contribution < -0.4 is 26.3 Å². The summed E-state index contributed by atoms with van der Waals surface area (Å²) in [5, 5.41) is 16.6. The first-order valence-corrected chi connectivity index (χ1v) is 15.3. The molecule has 46 heavy (non-hydrogen) atoms. The Morgan fingerprint density at radius 2 is 1.59 bits per heavy atom. The highest BCUT2D eigenvalue weighted by Crippen LogP contribution is 2.32. The van der Waals surface area contributed by atoms with E-state index in [4.69, 9.17) is 5.21 Å². The molecule has 0 saturated carbocycles. The van der Waals surface area contributed by atoms with Crippen molar-refractivity contribution in [1.29, 1.82) is 0 Å². The topological polar surface area (TPSA) is 194 Å². The van der Waals surface area contributed by atoms with Gasteiger partial charge in [-0.25, -0.2) is 5.48 Å². The number of benzene rings is 2. The van der Waals surface area contributed by atoms with Crippen molar-refractivity contribution in [3.05, 3.63) is 53.6 Å². The van der Waals surface area contributed by atoms with Crippen LogP contribution in [0.25, 0.3) is 0 Å². The number of carbonyl (C=O) groups excluding carboxylic acids is 7. The summed E-state index contributed by atoms with van der Waals surface area (Å²) in [6.45, 7) is 0.346. The Morgan fingerprint density at radius 1 is 0.891 bits per heavy atom. The third kappa shape index (κ3) is 8.33. The Balaban J connectivity index is 1.20. The summed E-state index contributed by atoms with van der Waals surface area (Å²) in [4.78, 5) is 88.6. The molecule has 0 bridgehead atoms. The Hall–Kier alpha value is -5.11. The van der Waals surface area contributed by atoms with E-state index in [1.54, 1.807) is 48.9 Å². The molecule has 4 rings (SSSR count). The predicted molar refractivity (Wildman–Crippen MR) is 167 cm³/mol. The van der Waals surface area contributed by atoms with Gasteiger partial charge in [-0.1, -0.05) is 18.9 Å². The van der Waals surface area contributed by atoms with Gasteiger partial charge in [0.15, 0.2) is 0 Å². The van der Waals surface area contributed by atoms with Crippen LogP contribution >= 0.6 is 0 Å². The SMILES string of the molecule is CN(C(=O)CCCNc1cccc2c1C(=O)N(C1CCC(=O)NC1=O)C2=O)c1ccc(NC(=O)CCCCCCC(=O)NO)cc1. The molecule has 2 aliphatic heterocycles. The molecular formula is C32H38N6O8. The molecule has 0 aliphatic carbocycles. The number of hydroxylamine groups is 1. The van der Waals surface area contributed by atoms with Gasteiger partial charge in [-0.15, -0.1) is 0 Å². The highest BCUT2D eigenvalue weighted by Gasteiger charge is 2.45. The lowest BCUT2D eigenvalue weighted by atomic mass is 10.0. The minimum absolute atomic E-state index is 0.0388. The number of unbranched alkanes of at least 4 members (excludes halogenated alkanes) is 3. The van der Waals surface area contributed by atoms with E-state index in [9.17, 15) is 33.6 Å². The largest absolute Gasteiger partial charge is 0.384 e. The number of fused-ring (bicyclic) bond motifs is 1. The molecule has 0 aromatic heterocycles. The quantitative estimate of drug-likeness (QED) is 0.0847. The van der Waals surface area contributed by atoms with E-state index in [0.717, 1.165) is 17.7 Å². The molecule has 14 heteroatoms. The van der Waals surface area contributed by atoms with E-state index in [1.165, 1.54) is 11.0 Å². The zero-order valence-electron chi connectivity index (χ0n) is 25.6. The van der Waals surface area contributed by atoms with Crippen LogP contribution in [-0.4, -0.2) is 71.1 Å². The van der Waals surface area contributed by atoms with Gasteiger partial charge >= 0.3 is 0 Å². The summed E-state index contributed by atoms with van der Waals surface area (Å²) >= 11 is 0. The molecule has 244 valence electrons. The number of anilines is 3. The van der Waals surface area contributed by atoms with Crippen molar-refractivity contribution in [1.82, 2.24) is 15.7 Å². The monoisotopic (exact) mass is 634 g/mol. The minimum Gasteiger partial charge on any atom is -0.384 e. The number of rotatable bonds is 15. The second-order valence-electron chi connectivity index (χ2n) is 11.2. The lowest BCUT2D eigenvalue weighted by molar-refractivity contribution is -0.136. The number of amides is 7. The molecule has 2 heterocycles. The molecule has 0 spiro atoms. The number of hydrogen-bond donors (Lipinski definition) is 5. The van der Waals surface area contributed by atoms with E-state index >= 15 is 0 Å². The molecule has 5 N–H and O–H groups in total. The summed E-state index contributed by atoms with van der Waals surface area (Å²) in [7, 11) is 1.66. The number of nitrogens with zero attached hydrogens (tertiary/aromatic N) is 2. The van der Waals surface area contributed by atoms with Crippen LogP contribution in [0, 0.1) is 0 Å². The highest BCUT2D eigenvalue weighted by atomic mass is 16.5. The fourth-order valence-corrected chi connectivity index (χ4v) is 5.41. The number of nitrogens with one attached hydrogen (secondary N) is 4. The second kappa shape index (κ2) is 15.8. The zero-order valence-corrected chi connectivity index (χ0v) is 25.6. The first-order valence-electron chi connectivity index (χ1n) is 15.3. The third-order valence-corrected chi connectivity index (χ3v) is 7.95. The van der Waals surface area contributed by atoms with Crippen molar-refractivity contribution in [2.24, 2.45) is 0 Å². The lowest BCUT2D eigenvalue weighted by Gasteiger charge is -2.27. The molecule has 14 nitrogen and oxygen atoms in total. The lowest BCUT2D eigenvalue weighted by Crippen LogP contribution is -2.54. The van der Waals surface area contributed by atoms with E-state index < -0.39 is 35.6 Å². The zero-order chi connectivity index (χ0) is 33.2. The standard InChI is InChI=1S/C32H38N6O8/c1-37(21-15-13-20(14-16-21)34-25(39)10-4-2-3-5-11-27(41)36-46)28(42)12-7-19-33-23-9-6-8-22-29(23)32(45)38(31(22)44)24-17-18-26(40)35-30(24)43/h6,8-9,13-16,24,33,46H,2-5,7,10-12,17-19H2,1H3,(H,34,39)(H,36,41)(H,35,40,43). The number of carbonyl (C=O) groups is 7. The van der Waals surface area contributed by atoms with Crippen LogP contribution in [0.1, 0.15) is 84.9 Å². The van der Waals surface area contributed by atoms with E-state index in [2.05, 4.69) is 16.0 Å². The van der Waals surface area contributed by atoms with Gasteiger partial charge in [0.25, 0.3) is 11.8 Å². The van der Waals surface area contributed by atoms with Crippen LogP contribution in [-0.2, 0) is 24.0 Å². The Labute approximate surface area is 265 Å². The molecule has 7 amide bonds. The summed E-state index contributed by atoms with van der Waals surface area (Å²) in [5.74, 6) is -2.98. The Morgan fingerprint density at radius 3 is 2.26 bits per heavy atom. The maximum absolute atomic E-state index is 13.2. The van der Waals surface area contributed by atoms with Crippen molar-refractivity contribution in [3.8, 4) is 0 Å². The van der Waals surface area contributed by atoms with Crippen molar-refractivity contribution < 1.29 is 38.8 Å². The first kappa shape index (κ1) is 33.8. The molecule has 1 unspecified atom stereocenters. The van der Waals surface area contributed by atoms with Gasteiger partial charge in [-0.2, -0.15) is 0 Å². The van der Waals surface area contributed by atoms with E-state index in [-0.39, 0.29) is 48.6 Å². The van der Waals surface area contributed by atoms with Crippen LogP contribution in [0.2, 0.25) is 0 Å². The fourth-order valence-electron chi connectivity index (χ4n) is 5.41. The summed E-state index contributed by atoms with van der Waals surface area (Å²) in [6.07, 6.45) is 4.25. The highest BCUT2D eigenvalue weighted by molar-refractivity contribution is 6.25. The van der Waals surface area contributed by atoms with Crippen LogP contribution in [0.3, 0.4) is 0 Å². The minimum atomic E-state index is -1.05. The average Bonchev–Trinajstić information content (AvgIpc) is 3.30. The number of hydrogen-bond acceptors (Lipinski definition) is 9. The van der Waals surface area contributed by atoms with Crippen molar-refractivity contribution >= 4 is 58.4 Å². The summed E-state index contributed by atoms with van der Waals surface area (Å²) in [6, 6.07) is 10.7. The van der Waals surface area contributed by atoms with Gasteiger partial charge in [-0.05, 0) is 62.1 Å². The molecule has 1 fully saturated rings. The molecule has 1 atom stereocenters. The maximum Gasteiger partial charge on any atom is 0.264 e. The number of imide groups is 2. The van der Waals surface area contributed by atoms with Gasteiger partial charge in [0.05, 0.1) is 11.1 Å². The summed E-state index contributed by atoms with van der Waals surface area (Å²) in [5.41, 5.74) is 3.63. The van der Waals surface area contributed by atoms with Crippen LogP contribution in [0.4, 0.5) is 17.1 Å². The molecule has 1 saturated heterocycles. The Kier molecular flexibility index (Phi) is 11.6. The molecular weight excluding hydrogens is 596 g/mol. The van der Waals surface area contributed by atoms with Crippen molar-refractivity contribution in [2.45, 2.75) is 70.3 Å². The van der Waals surface area contributed by atoms with Crippen molar-refractivity contribution in [2.75, 3.05) is 29.1 Å². The van der Waals surface area contributed by atoms with Gasteiger partial charge in [0.1, 0.15) is 6.04 Å². The van der Waals surface area contributed by atoms with Crippen molar-refractivity contribution in [3.63, 3.8) is 0 Å². The van der Waals surface area contributed by atoms with E-state index in [0.29, 0.717) is 49.3 Å². The van der Waals surface area contributed by atoms with Crippen LogP contribution in [0.15, 0.2) is 42.5 Å². The Bertz CT molecular complexity index is 1510. The van der Waals surface area contributed by atoms with Gasteiger partial charge in [0, 0.05) is 56.3 Å². The van der Waals surface area contributed by atoms with E-state index in [1.807, 2.05) is 0 Å². The molecule has 0 radical (unpaired) electrons. The number of piperidine rings is 1. The maximum atomic E-state index is 13.2. The molecule has 2 aliphatic rings. The normalized spacial score (nSPS) is 15.7. The van der Waals surface area contributed by atoms with Gasteiger partial charge in [0.2, 0.25) is 29.5 Å². The average molecular weight is 635 g/mol. The fraction of sp³-hybridized carbons (Fsp3) is 0.406. The van der Waals surface area contributed by atoms with Gasteiger partial charge in [-0.3, -0.25) is 49.0 Å².